The zero-order valence-corrected chi connectivity index (χ0v) is 19.8. The molecule has 0 bridgehead atoms. The van der Waals surface area contributed by atoms with Gasteiger partial charge in [-0.3, -0.25) is 10.3 Å². The third-order valence-electron chi connectivity index (χ3n) is 5.70. The van der Waals surface area contributed by atoms with Gasteiger partial charge in [-0.05, 0) is 37.1 Å². The second-order valence-corrected chi connectivity index (χ2v) is 11.2. The minimum atomic E-state index is -0.147. The van der Waals surface area contributed by atoms with E-state index in [2.05, 4.69) is 84.6 Å². The topological polar surface area (TPSA) is 67.2 Å². The summed E-state index contributed by atoms with van der Waals surface area (Å²) in [7, 11) is 0. The first-order valence-electron chi connectivity index (χ1n) is 9.88. The van der Waals surface area contributed by atoms with Crippen LogP contribution >= 0.6 is 39.0 Å². The van der Waals surface area contributed by atoms with Crippen LogP contribution in [0.5, 0.6) is 0 Å². The second-order valence-electron chi connectivity index (χ2n) is 8.29. The molecule has 0 aliphatic carbocycles. The Kier molecular flexibility index (Phi) is 4.52. The molecule has 1 atom stereocenters. The number of hydrogen-bond acceptors (Lipinski definition) is 8. The van der Waals surface area contributed by atoms with E-state index in [1.807, 2.05) is 11.3 Å². The molecule has 0 amide bonds. The normalized spacial score (nSPS) is 21.2. The number of nitrogens with one attached hydrogen (secondary N) is 2. The van der Waals surface area contributed by atoms with Gasteiger partial charge in [-0.15, -0.1) is 21.5 Å². The molecule has 0 saturated carbocycles. The molecule has 0 spiro atoms. The van der Waals surface area contributed by atoms with E-state index < -0.39 is 0 Å². The van der Waals surface area contributed by atoms with Crippen LogP contribution < -0.4 is 15.8 Å². The fraction of sp³-hybridized carbons (Fsp3) is 0.400. The molecule has 1 unspecified atom stereocenters. The Labute approximate surface area is 191 Å². The predicted octanol–water partition coefficient (Wildman–Crippen LogP) is 4.12. The molecule has 2 aromatic heterocycles. The van der Waals surface area contributed by atoms with Crippen molar-refractivity contribution in [2.45, 2.75) is 49.6 Å². The van der Waals surface area contributed by atoms with E-state index in [0.717, 1.165) is 27.8 Å². The molecule has 5 heterocycles. The molecule has 156 valence electrons. The second kappa shape index (κ2) is 7.04. The lowest BCUT2D eigenvalue weighted by atomic mass is 9.92. The van der Waals surface area contributed by atoms with Gasteiger partial charge in [0.25, 0.3) is 0 Å². The number of hydrazine groups is 1. The van der Waals surface area contributed by atoms with E-state index in [1.165, 1.54) is 26.6 Å². The van der Waals surface area contributed by atoms with Gasteiger partial charge in [0.05, 0.1) is 18.9 Å². The lowest BCUT2D eigenvalue weighted by molar-refractivity contribution is -0.0385. The Hall–Kier alpha value is -1.43. The van der Waals surface area contributed by atoms with Gasteiger partial charge in [0, 0.05) is 27.1 Å². The number of thioether (sulfide) groups is 1. The number of benzene rings is 1. The van der Waals surface area contributed by atoms with Crippen molar-refractivity contribution in [1.29, 1.82) is 0 Å². The zero-order valence-electron chi connectivity index (χ0n) is 16.6. The lowest BCUT2D eigenvalue weighted by Gasteiger charge is -2.34. The van der Waals surface area contributed by atoms with E-state index in [-0.39, 0.29) is 11.8 Å². The Morgan fingerprint density at radius 3 is 2.97 bits per heavy atom. The minimum absolute atomic E-state index is 0.0786. The highest BCUT2D eigenvalue weighted by atomic mass is 79.9. The summed E-state index contributed by atoms with van der Waals surface area (Å²) in [4.78, 5) is 1.32. The summed E-state index contributed by atoms with van der Waals surface area (Å²) in [5.41, 5.74) is 7.30. The van der Waals surface area contributed by atoms with E-state index in [4.69, 9.17) is 4.74 Å². The Balaban J connectivity index is 1.42. The first-order chi connectivity index (χ1) is 14.5. The van der Waals surface area contributed by atoms with E-state index in [9.17, 15) is 0 Å². The van der Waals surface area contributed by atoms with Crippen LogP contribution in [-0.4, -0.2) is 27.0 Å². The fourth-order valence-corrected chi connectivity index (χ4v) is 6.73. The van der Waals surface area contributed by atoms with Gasteiger partial charge in [-0.2, -0.15) is 0 Å². The molecule has 3 aliphatic rings. The van der Waals surface area contributed by atoms with Crippen molar-refractivity contribution in [2.75, 3.05) is 11.7 Å². The van der Waals surface area contributed by atoms with Crippen LogP contribution in [0.2, 0.25) is 0 Å². The van der Waals surface area contributed by atoms with Crippen LogP contribution in [0.4, 0.5) is 5.95 Å². The number of ether oxygens (including phenoxy) is 1. The van der Waals surface area contributed by atoms with Crippen molar-refractivity contribution in [3.05, 3.63) is 50.3 Å². The summed E-state index contributed by atoms with van der Waals surface area (Å²) < 4.78 is 9.41. The molecule has 10 heteroatoms. The van der Waals surface area contributed by atoms with Gasteiger partial charge < -0.3 is 4.74 Å². The van der Waals surface area contributed by atoms with Crippen molar-refractivity contribution >= 4 is 45.0 Å². The highest BCUT2D eigenvalue weighted by Crippen LogP contribution is 2.48. The molecule has 7 nitrogen and oxygen atoms in total. The van der Waals surface area contributed by atoms with Crippen LogP contribution in [0.25, 0.3) is 5.00 Å². The first-order valence-corrected chi connectivity index (χ1v) is 12.5. The largest absolute Gasteiger partial charge is 0.370 e. The summed E-state index contributed by atoms with van der Waals surface area (Å²) in [5, 5.41) is 16.9. The molecule has 0 radical (unpaired) electrons. The van der Waals surface area contributed by atoms with Gasteiger partial charge in [0.15, 0.2) is 5.16 Å². The lowest BCUT2D eigenvalue weighted by Crippen LogP contribution is -2.40. The molecule has 30 heavy (non-hydrogen) atoms. The smallest absolute Gasteiger partial charge is 0.249 e. The molecule has 3 aliphatic heterocycles. The average molecular weight is 505 g/mol. The Bertz CT molecular complexity index is 1130. The van der Waals surface area contributed by atoms with Crippen LogP contribution in [0.15, 0.2) is 33.9 Å². The zero-order chi connectivity index (χ0) is 20.5. The highest BCUT2D eigenvalue weighted by Gasteiger charge is 2.43. The van der Waals surface area contributed by atoms with Gasteiger partial charge in [0.2, 0.25) is 5.95 Å². The van der Waals surface area contributed by atoms with Crippen LogP contribution in [0.3, 0.4) is 0 Å². The maximum absolute atomic E-state index is 6.11. The van der Waals surface area contributed by atoms with E-state index in [0.29, 0.717) is 13.3 Å². The van der Waals surface area contributed by atoms with Crippen molar-refractivity contribution < 1.29 is 4.74 Å². The Morgan fingerprint density at radius 2 is 2.13 bits per heavy atom. The number of fused-ring (bicyclic) bond motifs is 8. The summed E-state index contributed by atoms with van der Waals surface area (Å²) in [6.45, 7) is 5.72. The van der Waals surface area contributed by atoms with Crippen molar-refractivity contribution in [3.63, 3.8) is 0 Å². The molecule has 1 fully saturated rings. The number of nitrogens with zero attached hydrogens (tertiary/aromatic N) is 4. The minimum Gasteiger partial charge on any atom is -0.370 e. The number of aromatic nitrogens is 3. The van der Waals surface area contributed by atoms with Crippen molar-refractivity contribution in [1.82, 2.24) is 25.5 Å². The monoisotopic (exact) mass is 504 g/mol. The van der Waals surface area contributed by atoms with Crippen LogP contribution in [0.1, 0.15) is 41.6 Å². The third-order valence-corrected chi connectivity index (χ3v) is 8.44. The molecule has 2 N–H and O–H groups in total. The summed E-state index contributed by atoms with van der Waals surface area (Å²) >= 11 is 7.04. The van der Waals surface area contributed by atoms with Gasteiger partial charge in [0.1, 0.15) is 11.2 Å². The Morgan fingerprint density at radius 1 is 1.30 bits per heavy atom. The van der Waals surface area contributed by atoms with Crippen LogP contribution in [-0.2, 0) is 23.5 Å². The van der Waals surface area contributed by atoms with Crippen molar-refractivity contribution in [2.24, 2.45) is 0 Å². The highest BCUT2D eigenvalue weighted by molar-refractivity contribution is 9.10. The van der Waals surface area contributed by atoms with Gasteiger partial charge >= 0.3 is 0 Å². The SMILES string of the molecule is CC1(C)Cc2c(sc3c2C2NCNN2c2nnc(SCc4ccc(Br)cc4)n2-3)CO1. The summed E-state index contributed by atoms with van der Waals surface area (Å²) in [6.07, 6.45) is 0.994. The van der Waals surface area contributed by atoms with Gasteiger partial charge in [-0.25, -0.2) is 9.99 Å². The molecule has 1 saturated heterocycles. The predicted molar refractivity (Wildman–Crippen MR) is 122 cm³/mol. The number of hydrogen-bond donors (Lipinski definition) is 2. The van der Waals surface area contributed by atoms with E-state index >= 15 is 0 Å². The maximum Gasteiger partial charge on any atom is 0.249 e. The number of anilines is 1. The average Bonchev–Trinajstić information content (AvgIpc) is 3.42. The molecule has 3 aromatic rings. The summed E-state index contributed by atoms with van der Waals surface area (Å²) in [5.74, 6) is 1.69. The number of thiophene rings is 1. The standard InChI is InChI=1S/C20H21BrN6OS2/c1-20(2)7-13-14(8-28-20)30-17-15(13)16-22-10-23-27(16)18-24-25-19(26(17)18)29-9-11-3-5-12(21)6-4-11/h3-6,16,22-23H,7-10H2,1-2H3. The summed E-state index contributed by atoms with van der Waals surface area (Å²) in [6, 6.07) is 8.43. The van der Waals surface area contributed by atoms with Gasteiger partial charge in [-0.1, -0.05) is 39.8 Å². The molecular weight excluding hydrogens is 484 g/mol. The third kappa shape index (κ3) is 3.04. The van der Waals surface area contributed by atoms with Crippen LogP contribution in [0, 0.1) is 0 Å². The fourth-order valence-electron chi connectivity index (χ4n) is 4.25. The van der Waals surface area contributed by atoms with E-state index in [1.54, 1.807) is 11.8 Å². The molecule has 6 rings (SSSR count). The quantitative estimate of drug-likeness (QED) is 0.520. The maximum atomic E-state index is 6.11. The number of halogens is 1. The molecular formula is C20H21BrN6OS2. The van der Waals surface area contributed by atoms with Crippen molar-refractivity contribution in [3.8, 4) is 5.00 Å². The first kappa shape index (κ1) is 19.3. The molecule has 1 aromatic carbocycles. The number of rotatable bonds is 3.